The van der Waals surface area contributed by atoms with Crippen LogP contribution >= 0.6 is 23.8 Å². The standard InChI is InChI=1S/C11H10ClN3OS/c1-15-6-8(5-14-15)16-7-2-3-9(11(13)17)10(12)4-7/h2-6H,1H3,(H2,13,17). The van der Waals surface area contributed by atoms with Gasteiger partial charge in [0.2, 0.25) is 0 Å². The van der Waals surface area contributed by atoms with E-state index in [4.69, 9.17) is 34.3 Å². The van der Waals surface area contributed by atoms with Crippen molar-refractivity contribution in [2.75, 3.05) is 0 Å². The summed E-state index contributed by atoms with van der Waals surface area (Å²) in [5.41, 5.74) is 6.15. The first-order chi connectivity index (χ1) is 8.06. The molecule has 0 aliphatic heterocycles. The molecule has 0 aliphatic carbocycles. The Hall–Kier alpha value is -1.59. The van der Waals surface area contributed by atoms with E-state index in [1.54, 1.807) is 35.3 Å². The number of ether oxygens (including phenoxy) is 1. The monoisotopic (exact) mass is 267 g/mol. The molecule has 88 valence electrons. The normalized spacial score (nSPS) is 10.2. The van der Waals surface area contributed by atoms with E-state index < -0.39 is 0 Å². The molecule has 2 N–H and O–H groups in total. The van der Waals surface area contributed by atoms with Gasteiger partial charge in [-0.25, -0.2) is 0 Å². The third-order valence-electron chi connectivity index (χ3n) is 2.12. The average molecular weight is 268 g/mol. The largest absolute Gasteiger partial charge is 0.454 e. The van der Waals surface area contributed by atoms with Crippen molar-refractivity contribution < 1.29 is 4.74 Å². The van der Waals surface area contributed by atoms with E-state index >= 15 is 0 Å². The fraction of sp³-hybridized carbons (Fsp3) is 0.0909. The molecule has 0 bridgehead atoms. The van der Waals surface area contributed by atoms with Crippen LogP contribution in [0.4, 0.5) is 0 Å². The minimum Gasteiger partial charge on any atom is -0.454 e. The Morgan fingerprint density at radius 1 is 1.47 bits per heavy atom. The number of nitrogens with two attached hydrogens (primary N) is 1. The highest BCUT2D eigenvalue weighted by atomic mass is 35.5. The van der Waals surface area contributed by atoms with Crippen molar-refractivity contribution in [1.82, 2.24) is 9.78 Å². The summed E-state index contributed by atoms with van der Waals surface area (Å²) in [7, 11) is 1.82. The Morgan fingerprint density at radius 3 is 2.76 bits per heavy atom. The van der Waals surface area contributed by atoms with E-state index in [1.807, 2.05) is 7.05 Å². The van der Waals surface area contributed by atoms with Crippen molar-refractivity contribution in [1.29, 1.82) is 0 Å². The van der Waals surface area contributed by atoms with Gasteiger partial charge in [0.25, 0.3) is 0 Å². The summed E-state index contributed by atoms with van der Waals surface area (Å²) >= 11 is 10.9. The molecule has 0 fully saturated rings. The minimum atomic E-state index is 0.267. The molecule has 6 heteroatoms. The van der Waals surface area contributed by atoms with E-state index in [0.29, 0.717) is 22.1 Å². The topological polar surface area (TPSA) is 53.1 Å². The highest BCUT2D eigenvalue weighted by Gasteiger charge is 2.06. The highest BCUT2D eigenvalue weighted by molar-refractivity contribution is 7.80. The Kier molecular flexibility index (Phi) is 3.31. The number of nitrogens with zero attached hydrogens (tertiary/aromatic N) is 2. The van der Waals surface area contributed by atoms with Crippen molar-refractivity contribution >= 4 is 28.8 Å². The smallest absolute Gasteiger partial charge is 0.165 e. The van der Waals surface area contributed by atoms with Gasteiger partial charge in [-0.1, -0.05) is 23.8 Å². The number of halogens is 1. The molecule has 1 aromatic carbocycles. The van der Waals surface area contributed by atoms with E-state index in [1.165, 1.54) is 0 Å². The summed E-state index contributed by atoms with van der Waals surface area (Å²) < 4.78 is 7.22. The van der Waals surface area contributed by atoms with Gasteiger partial charge in [0.1, 0.15) is 10.7 Å². The SMILES string of the molecule is Cn1cc(Oc2ccc(C(N)=S)c(Cl)c2)cn1. The summed E-state index contributed by atoms with van der Waals surface area (Å²) in [6.45, 7) is 0. The first kappa shape index (κ1) is 11.9. The van der Waals surface area contributed by atoms with Gasteiger partial charge in [0, 0.05) is 18.7 Å². The minimum absolute atomic E-state index is 0.267. The van der Waals surface area contributed by atoms with Gasteiger partial charge in [-0.3, -0.25) is 4.68 Å². The van der Waals surface area contributed by atoms with Gasteiger partial charge in [-0.15, -0.1) is 0 Å². The van der Waals surface area contributed by atoms with Crippen LogP contribution in [0.25, 0.3) is 0 Å². The Morgan fingerprint density at radius 2 is 2.24 bits per heavy atom. The second-order valence-electron chi connectivity index (χ2n) is 3.46. The summed E-state index contributed by atoms with van der Waals surface area (Å²) in [5.74, 6) is 1.26. The van der Waals surface area contributed by atoms with Gasteiger partial charge >= 0.3 is 0 Å². The van der Waals surface area contributed by atoms with Crippen LogP contribution in [0.15, 0.2) is 30.6 Å². The summed E-state index contributed by atoms with van der Waals surface area (Å²) in [6, 6.07) is 5.16. The molecular weight excluding hydrogens is 258 g/mol. The number of hydrogen-bond donors (Lipinski definition) is 1. The van der Waals surface area contributed by atoms with Crippen LogP contribution < -0.4 is 10.5 Å². The quantitative estimate of drug-likeness (QED) is 0.868. The fourth-order valence-electron chi connectivity index (χ4n) is 1.35. The molecule has 4 nitrogen and oxygen atoms in total. The van der Waals surface area contributed by atoms with Crippen LogP contribution in [-0.2, 0) is 7.05 Å². The van der Waals surface area contributed by atoms with Crippen molar-refractivity contribution in [2.45, 2.75) is 0 Å². The van der Waals surface area contributed by atoms with Gasteiger partial charge in [0.05, 0.1) is 17.4 Å². The van der Waals surface area contributed by atoms with Crippen LogP contribution in [0.3, 0.4) is 0 Å². The number of benzene rings is 1. The summed E-state index contributed by atoms with van der Waals surface area (Å²) in [6.07, 6.45) is 3.38. The summed E-state index contributed by atoms with van der Waals surface area (Å²) in [5, 5.41) is 4.47. The number of hydrogen-bond acceptors (Lipinski definition) is 3. The Bertz CT molecular complexity index is 568. The first-order valence-corrected chi connectivity index (χ1v) is 5.61. The maximum Gasteiger partial charge on any atom is 0.165 e. The molecule has 2 rings (SSSR count). The van der Waals surface area contributed by atoms with Crippen LogP contribution in [0.5, 0.6) is 11.5 Å². The third-order valence-corrected chi connectivity index (χ3v) is 2.66. The molecule has 1 aromatic heterocycles. The molecule has 0 amide bonds. The first-order valence-electron chi connectivity index (χ1n) is 4.82. The number of aromatic nitrogens is 2. The van der Waals surface area contributed by atoms with Crippen LogP contribution in [0.2, 0.25) is 5.02 Å². The predicted molar refractivity (Wildman–Crippen MR) is 70.6 cm³/mol. The fourth-order valence-corrected chi connectivity index (χ4v) is 1.85. The number of aryl methyl sites for hydroxylation is 1. The molecule has 0 atom stereocenters. The lowest BCUT2D eigenvalue weighted by atomic mass is 10.2. The molecule has 2 aromatic rings. The lowest BCUT2D eigenvalue weighted by Gasteiger charge is -2.06. The molecule has 0 unspecified atom stereocenters. The van der Waals surface area contributed by atoms with E-state index in [0.717, 1.165) is 0 Å². The van der Waals surface area contributed by atoms with Crippen molar-refractivity contribution in [2.24, 2.45) is 12.8 Å². The summed E-state index contributed by atoms with van der Waals surface area (Å²) in [4.78, 5) is 0.267. The zero-order chi connectivity index (χ0) is 12.4. The van der Waals surface area contributed by atoms with Crippen LogP contribution in [0, 0.1) is 0 Å². The highest BCUT2D eigenvalue weighted by Crippen LogP contribution is 2.26. The van der Waals surface area contributed by atoms with Crippen molar-refractivity contribution in [3.63, 3.8) is 0 Å². The second kappa shape index (κ2) is 4.73. The van der Waals surface area contributed by atoms with E-state index in [-0.39, 0.29) is 4.99 Å². The van der Waals surface area contributed by atoms with Gasteiger partial charge in [-0.05, 0) is 12.1 Å². The molecular formula is C11H10ClN3OS. The van der Waals surface area contributed by atoms with Gasteiger partial charge in [0.15, 0.2) is 5.75 Å². The van der Waals surface area contributed by atoms with Crippen LogP contribution in [-0.4, -0.2) is 14.8 Å². The Balaban J connectivity index is 2.23. The number of rotatable bonds is 3. The maximum absolute atomic E-state index is 6.03. The molecule has 1 heterocycles. The predicted octanol–water partition coefficient (Wildman–Crippen LogP) is 2.50. The van der Waals surface area contributed by atoms with Crippen molar-refractivity contribution in [3.8, 4) is 11.5 Å². The Labute approximate surface area is 109 Å². The number of thiocarbonyl (C=S) groups is 1. The maximum atomic E-state index is 6.03. The zero-order valence-corrected chi connectivity index (χ0v) is 10.6. The van der Waals surface area contributed by atoms with Crippen LogP contribution in [0.1, 0.15) is 5.56 Å². The molecule has 0 radical (unpaired) electrons. The van der Waals surface area contributed by atoms with Gasteiger partial charge in [-0.2, -0.15) is 5.10 Å². The molecule has 0 aliphatic rings. The average Bonchev–Trinajstić information content (AvgIpc) is 2.63. The van der Waals surface area contributed by atoms with E-state index in [9.17, 15) is 0 Å². The van der Waals surface area contributed by atoms with Gasteiger partial charge < -0.3 is 10.5 Å². The third kappa shape index (κ3) is 2.75. The van der Waals surface area contributed by atoms with E-state index in [2.05, 4.69) is 5.10 Å². The lowest BCUT2D eigenvalue weighted by molar-refractivity contribution is 0.482. The molecule has 0 saturated carbocycles. The second-order valence-corrected chi connectivity index (χ2v) is 4.30. The molecule has 17 heavy (non-hydrogen) atoms. The van der Waals surface area contributed by atoms with Crippen molar-refractivity contribution in [3.05, 3.63) is 41.2 Å². The lowest BCUT2D eigenvalue weighted by Crippen LogP contribution is -2.09. The molecule has 0 spiro atoms. The zero-order valence-electron chi connectivity index (χ0n) is 9.05. The molecule has 0 saturated heterocycles.